The molecule has 124 valence electrons. The van der Waals surface area contributed by atoms with Crippen molar-refractivity contribution in [3.63, 3.8) is 0 Å². The molecule has 0 saturated carbocycles. The van der Waals surface area contributed by atoms with Crippen molar-refractivity contribution in [2.75, 3.05) is 26.2 Å². The summed E-state index contributed by atoms with van der Waals surface area (Å²) in [7, 11) is 0. The summed E-state index contributed by atoms with van der Waals surface area (Å²) in [6, 6.07) is 8.33. The summed E-state index contributed by atoms with van der Waals surface area (Å²) in [5.41, 5.74) is 8.65. The van der Waals surface area contributed by atoms with Gasteiger partial charge in [-0.25, -0.2) is 4.99 Å². The minimum absolute atomic E-state index is 0.0628. The first-order valence-electron chi connectivity index (χ1n) is 8.53. The van der Waals surface area contributed by atoms with Crippen molar-refractivity contribution in [2.24, 2.45) is 16.6 Å². The Morgan fingerprint density at radius 2 is 1.87 bits per heavy atom. The van der Waals surface area contributed by atoms with Crippen molar-refractivity contribution in [1.82, 2.24) is 9.80 Å². The molecular formula is C18H26N4O. The molecule has 1 saturated heterocycles. The first kappa shape index (κ1) is 15.8. The fourth-order valence-electron chi connectivity index (χ4n) is 3.29. The highest BCUT2D eigenvalue weighted by molar-refractivity contribution is 5.84. The maximum atomic E-state index is 12.4. The van der Waals surface area contributed by atoms with Crippen molar-refractivity contribution in [3.8, 4) is 0 Å². The fourth-order valence-corrected chi connectivity index (χ4v) is 3.29. The number of hydrogen-bond acceptors (Lipinski definition) is 2. The van der Waals surface area contributed by atoms with Crippen molar-refractivity contribution < 1.29 is 4.79 Å². The topological polar surface area (TPSA) is 61.9 Å². The molecule has 5 nitrogen and oxygen atoms in total. The standard InChI is InChI=1S/C18H26N4O/c1-14-6-9-21(10-7-14)18(19)20-12-17(23)22-11-8-15-4-2-3-5-16(15)13-22/h2-5,14H,6-13H2,1H3,(H2,19,20). The highest BCUT2D eigenvalue weighted by Crippen LogP contribution is 2.18. The van der Waals surface area contributed by atoms with Gasteiger partial charge >= 0.3 is 0 Å². The molecule has 2 N–H and O–H groups in total. The van der Waals surface area contributed by atoms with Gasteiger partial charge in [-0.05, 0) is 36.3 Å². The fraction of sp³-hybridized carbons (Fsp3) is 0.556. The maximum absolute atomic E-state index is 12.4. The van der Waals surface area contributed by atoms with E-state index in [9.17, 15) is 4.79 Å². The van der Waals surface area contributed by atoms with Crippen molar-refractivity contribution in [1.29, 1.82) is 0 Å². The summed E-state index contributed by atoms with van der Waals surface area (Å²) in [6.45, 7) is 5.77. The zero-order chi connectivity index (χ0) is 16.2. The van der Waals surface area contributed by atoms with Crippen LogP contribution in [0.15, 0.2) is 29.3 Å². The van der Waals surface area contributed by atoms with E-state index in [1.807, 2.05) is 11.0 Å². The van der Waals surface area contributed by atoms with Gasteiger partial charge in [-0.1, -0.05) is 31.2 Å². The number of nitrogens with zero attached hydrogens (tertiary/aromatic N) is 3. The Kier molecular flexibility index (Phi) is 4.84. The van der Waals surface area contributed by atoms with Crippen LogP contribution >= 0.6 is 0 Å². The molecule has 0 unspecified atom stereocenters. The van der Waals surface area contributed by atoms with Crippen LogP contribution in [0.3, 0.4) is 0 Å². The Hall–Kier alpha value is -2.04. The SMILES string of the molecule is CC1CCN(C(N)=NCC(=O)N2CCc3ccccc3C2)CC1. The van der Waals surface area contributed by atoms with E-state index < -0.39 is 0 Å². The molecule has 1 aromatic carbocycles. The molecule has 5 heteroatoms. The monoisotopic (exact) mass is 314 g/mol. The minimum atomic E-state index is 0.0628. The van der Waals surface area contributed by atoms with Crippen LogP contribution in [-0.2, 0) is 17.8 Å². The number of rotatable bonds is 2. The molecule has 0 radical (unpaired) electrons. The van der Waals surface area contributed by atoms with Gasteiger partial charge < -0.3 is 15.5 Å². The molecule has 2 aliphatic heterocycles. The second-order valence-electron chi connectivity index (χ2n) is 6.68. The van der Waals surface area contributed by atoms with Crippen molar-refractivity contribution in [3.05, 3.63) is 35.4 Å². The number of carbonyl (C=O) groups is 1. The number of benzene rings is 1. The number of hydrogen-bond donors (Lipinski definition) is 1. The van der Waals surface area contributed by atoms with E-state index in [0.717, 1.165) is 44.8 Å². The molecule has 0 aromatic heterocycles. The van der Waals surface area contributed by atoms with E-state index in [4.69, 9.17) is 5.73 Å². The van der Waals surface area contributed by atoms with E-state index in [1.165, 1.54) is 11.1 Å². The average molecular weight is 314 g/mol. The Morgan fingerprint density at radius 1 is 1.17 bits per heavy atom. The summed E-state index contributed by atoms with van der Waals surface area (Å²) in [5.74, 6) is 1.34. The smallest absolute Gasteiger partial charge is 0.244 e. The molecule has 1 aromatic rings. The van der Waals surface area contributed by atoms with Crippen LogP contribution in [0.2, 0.25) is 0 Å². The van der Waals surface area contributed by atoms with Crippen LogP contribution in [0, 0.1) is 5.92 Å². The largest absolute Gasteiger partial charge is 0.370 e. The highest BCUT2D eigenvalue weighted by Gasteiger charge is 2.21. The van der Waals surface area contributed by atoms with Crippen LogP contribution in [0.25, 0.3) is 0 Å². The van der Waals surface area contributed by atoms with Crippen LogP contribution in [0.5, 0.6) is 0 Å². The Bertz CT molecular complexity index is 590. The number of aliphatic imine (C=N–C) groups is 1. The van der Waals surface area contributed by atoms with Gasteiger partial charge in [-0.3, -0.25) is 4.79 Å². The third kappa shape index (κ3) is 3.84. The normalized spacial score (nSPS) is 19.6. The average Bonchev–Trinajstić information content (AvgIpc) is 2.59. The second kappa shape index (κ2) is 7.02. The summed E-state index contributed by atoms with van der Waals surface area (Å²) >= 11 is 0. The van der Waals surface area contributed by atoms with Gasteiger partial charge in [0.25, 0.3) is 0 Å². The third-order valence-corrected chi connectivity index (χ3v) is 4.97. The number of piperidine rings is 1. The van der Waals surface area contributed by atoms with Gasteiger partial charge in [0, 0.05) is 26.2 Å². The minimum Gasteiger partial charge on any atom is -0.370 e. The lowest BCUT2D eigenvalue weighted by atomic mass is 10.00. The first-order valence-corrected chi connectivity index (χ1v) is 8.53. The van der Waals surface area contributed by atoms with Crippen molar-refractivity contribution in [2.45, 2.75) is 32.7 Å². The van der Waals surface area contributed by atoms with Gasteiger partial charge in [0.2, 0.25) is 5.91 Å². The van der Waals surface area contributed by atoms with Gasteiger partial charge in [-0.15, -0.1) is 0 Å². The van der Waals surface area contributed by atoms with E-state index in [1.54, 1.807) is 0 Å². The molecule has 2 heterocycles. The first-order chi connectivity index (χ1) is 11.1. The highest BCUT2D eigenvalue weighted by atomic mass is 16.2. The molecule has 2 aliphatic rings. The van der Waals surface area contributed by atoms with Gasteiger partial charge in [0.15, 0.2) is 5.96 Å². The number of amides is 1. The Morgan fingerprint density at radius 3 is 2.61 bits per heavy atom. The zero-order valence-electron chi connectivity index (χ0n) is 13.9. The maximum Gasteiger partial charge on any atom is 0.244 e. The third-order valence-electron chi connectivity index (χ3n) is 4.97. The van der Waals surface area contributed by atoms with E-state index in [2.05, 4.69) is 35.0 Å². The zero-order valence-corrected chi connectivity index (χ0v) is 13.9. The van der Waals surface area contributed by atoms with Gasteiger partial charge in [0.05, 0.1) is 0 Å². The number of fused-ring (bicyclic) bond motifs is 1. The Balaban J connectivity index is 1.54. The lowest BCUT2D eigenvalue weighted by Crippen LogP contribution is -2.43. The lowest BCUT2D eigenvalue weighted by molar-refractivity contribution is -0.130. The molecule has 0 spiro atoms. The van der Waals surface area contributed by atoms with Gasteiger partial charge in [-0.2, -0.15) is 0 Å². The second-order valence-corrected chi connectivity index (χ2v) is 6.68. The molecule has 0 aliphatic carbocycles. The number of carbonyl (C=O) groups excluding carboxylic acids is 1. The lowest BCUT2D eigenvalue weighted by Gasteiger charge is -2.31. The van der Waals surface area contributed by atoms with E-state index in [0.29, 0.717) is 12.5 Å². The predicted octanol–water partition coefficient (Wildman–Crippen LogP) is 1.62. The quantitative estimate of drug-likeness (QED) is 0.666. The molecule has 23 heavy (non-hydrogen) atoms. The number of likely N-dealkylation sites (tertiary alicyclic amines) is 1. The molecule has 0 atom stereocenters. The molecule has 1 amide bonds. The summed E-state index contributed by atoms with van der Waals surface area (Å²) in [5, 5.41) is 0. The summed E-state index contributed by atoms with van der Waals surface area (Å²) in [4.78, 5) is 20.7. The van der Waals surface area contributed by atoms with Gasteiger partial charge in [0.1, 0.15) is 6.54 Å². The van der Waals surface area contributed by atoms with Crippen LogP contribution in [0.4, 0.5) is 0 Å². The molecular weight excluding hydrogens is 288 g/mol. The van der Waals surface area contributed by atoms with Crippen molar-refractivity contribution >= 4 is 11.9 Å². The molecule has 3 rings (SSSR count). The molecule has 0 bridgehead atoms. The van der Waals surface area contributed by atoms with Crippen LogP contribution in [0.1, 0.15) is 30.9 Å². The van der Waals surface area contributed by atoms with Crippen LogP contribution < -0.4 is 5.73 Å². The predicted molar refractivity (Wildman–Crippen MR) is 92.0 cm³/mol. The number of guanidine groups is 1. The number of nitrogens with two attached hydrogens (primary N) is 1. The van der Waals surface area contributed by atoms with Crippen LogP contribution in [-0.4, -0.2) is 47.8 Å². The Labute approximate surface area is 138 Å². The molecule has 1 fully saturated rings. The van der Waals surface area contributed by atoms with E-state index >= 15 is 0 Å². The summed E-state index contributed by atoms with van der Waals surface area (Å²) in [6.07, 6.45) is 3.21. The summed E-state index contributed by atoms with van der Waals surface area (Å²) < 4.78 is 0. The van der Waals surface area contributed by atoms with E-state index in [-0.39, 0.29) is 12.5 Å².